The molecule has 1 heterocycles. The number of carbonyl (C=O) groups is 1. The summed E-state index contributed by atoms with van der Waals surface area (Å²) in [6.07, 6.45) is 1.56. The Hall–Kier alpha value is -2.11. The van der Waals surface area contributed by atoms with Gasteiger partial charge in [-0.05, 0) is 42.8 Å². The second-order valence-electron chi connectivity index (χ2n) is 3.96. The highest BCUT2D eigenvalue weighted by atomic mass is 35.5. The maximum atomic E-state index is 12.1. The molecule has 0 saturated heterocycles. The molecule has 6 heteroatoms. The van der Waals surface area contributed by atoms with Crippen molar-refractivity contribution < 1.29 is 4.79 Å². The zero-order valence-corrected chi connectivity index (χ0v) is 11.0. The molecule has 2 rings (SSSR count). The van der Waals surface area contributed by atoms with Crippen molar-refractivity contribution in [1.29, 1.82) is 0 Å². The lowest BCUT2D eigenvalue weighted by Crippen LogP contribution is -2.14. The van der Waals surface area contributed by atoms with E-state index in [0.717, 1.165) is 11.3 Å². The van der Waals surface area contributed by atoms with Crippen molar-refractivity contribution in [3.63, 3.8) is 0 Å². The Labute approximate surface area is 115 Å². The number of nitrogens with two attached hydrogens (primary N) is 1. The van der Waals surface area contributed by atoms with Crippen molar-refractivity contribution >= 4 is 29.0 Å². The minimum absolute atomic E-state index is 0.271. The van der Waals surface area contributed by atoms with Gasteiger partial charge in [-0.15, -0.1) is 0 Å². The van der Waals surface area contributed by atoms with Gasteiger partial charge in [-0.2, -0.15) is 0 Å². The third-order valence-electron chi connectivity index (χ3n) is 2.63. The molecule has 2 aromatic rings. The molecule has 0 atom stereocenters. The molecule has 0 radical (unpaired) electrons. The molecule has 1 amide bonds. The molecule has 0 aliphatic carbocycles. The molecule has 0 saturated carbocycles. The summed E-state index contributed by atoms with van der Waals surface area (Å²) in [7, 11) is 0. The van der Waals surface area contributed by atoms with Gasteiger partial charge in [0.2, 0.25) is 0 Å². The van der Waals surface area contributed by atoms with Crippen molar-refractivity contribution in [2.24, 2.45) is 5.84 Å². The van der Waals surface area contributed by atoms with Gasteiger partial charge in [-0.1, -0.05) is 11.6 Å². The third-order valence-corrected chi connectivity index (χ3v) is 2.94. The van der Waals surface area contributed by atoms with Crippen LogP contribution < -0.4 is 16.6 Å². The number of carbonyl (C=O) groups excluding carboxylic acids is 1. The fraction of sp³-hybridized carbons (Fsp3) is 0.0769. The molecule has 1 aromatic heterocycles. The lowest BCUT2D eigenvalue weighted by atomic mass is 10.1. The number of amides is 1. The zero-order valence-electron chi connectivity index (χ0n) is 10.3. The maximum absolute atomic E-state index is 12.1. The minimum atomic E-state index is -0.271. The van der Waals surface area contributed by atoms with Crippen molar-refractivity contribution in [2.75, 3.05) is 10.7 Å². The predicted molar refractivity (Wildman–Crippen MR) is 76.2 cm³/mol. The molecule has 5 nitrogen and oxygen atoms in total. The Kier molecular flexibility index (Phi) is 3.99. The minimum Gasteiger partial charge on any atom is -0.324 e. The molecule has 0 aliphatic rings. The van der Waals surface area contributed by atoms with Gasteiger partial charge < -0.3 is 10.7 Å². The number of nitrogens with zero attached hydrogens (tertiary/aromatic N) is 1. The van der Waals surface area contributed by atoms with Crippen LogP contribution in [0.3, 0.4) is 0 Å². The van der Waals surface area contributed by atoms with E-state index in [2.05, 4.69) is 15.7 Å². The highest BCUT2D eigenvalue weighted by molar-refractivity contribution is 6.33. The van der Waals surface area contributed by atoms with Crippen LogP contribution >= 0.6 is 11.6 Å². The van der Waals surface area contributed by atoms with Gasteiger partial charge >= 0.3 is 0 Å². The topological polar surface area (TPSA) is 80.0 Å². The van der Waals surface area contributed by atoms with E-state index in [1.54, 1.807) is 36.5 Å². The lowest BCUT2D eigenvalue weighted by molar-refractivity contribution is 0.102. The normalized spacial score (nSPS) is 10.1. The Morgan fingerprint density at radius 3 is 2.79 bits per heavy atom. The number of nitrogen functional groups attached to an aromatic ring is 1. The number of benzene rings is 1. The number of rotatable bonds is 3. The number of halogens is 1. The largest absolute Gasteiger partial charge is 0.324 e. The van der Waals surface area contributed by atoms with E-state index in [4.69, 9.17) is 17.4 Å². The Bertz CT molecular complexity index is 615. The van der Waals surface area contributed by atoms with Gasteiger partial charge in [0.05, 0.1) is 10.7 Å². The zero-order chi connectivity index (χ0) is 13.8. The average molecular weight is 277 g/mol. The van der Waals surface area contributed by atoms with Crippen LogP contribution in [0.4, 0.5) is 11.5 Å². The number of nitrogens with one attached hydrogen (secondary N) is 2. The lowest BCUT2D eigenvalue weighted by Gasteiger charge is -2.09. The molecule has 0 aliphatic heterocycles. The predicted octanol–water partition coefficient (Wildman–Crippen LogP) is 2.58. The highest BCUT2D eigenvalue weighted by Crippen LogP contribution is 2.20. The van der Waals surface area contributed by atoms with Gasteiger partial charge in [0.15, 0.2) is 5.82 Å². The van der Waals surface area contributed by atoms with Gasteiger partial charge in [0, 0.05) is 11.8 Å². The number of anilines is 2. The summed E-state index contributed by atoms with van der Waals surface area (Å²) in [6.45, 7) is 1.86. The first-order valence-corrected chi connectivity index (χ1v) is 5.98. The molecule has 0 fully saturated rings. The third kappa shape index (κ3) is 3.01. The molecule has 4 N–H and O–H groups in total. The van der Waals surface area contributed by atoms with Crippen LogP contribution in [0.25, 0.3) is 0 Å². The summed E-state index contributed by atoms with van der Waals surface area (Å²) in [5.74, 6) is 5.41. The monoisotopic (exact) mass is 276 g/mol. The van der Waals surface area contributed by atoms with Crippen molar-refractivity contribution in [1.82, 2.24) is 4.98 Å². The van der Waals surface area contributed by atoms with Crippen LogP contribution in [0.5, 0.6) is 0 Å². The smallest absolute Gasteiger partial charge is 0.256 e. The molecule has 0 unspecified atom stereocenters. The molecule has 98 valence electrons. The molecule has 1 aromatic carbocycles. The van der Waals surface area contributed by atoms with Gasteiger partial charge in [-0.3, -0.25) is 10.6 Å². The average Bonchev–Trinajstić information content (AvgIpc) is 2.41. The van der Waals surface area contributed by atoms with Crippen LogP contribution in [-0.4, -0.2) is 10.9 Å². The number of pyridine rings is 1. The second kappa shape index (κ2) is 5.69. The van der Waals surface area contributed by atoms with Crippen LogP contribution in [0.15, 0.2) is 36.5 Å². The number of aromatic nitrogens is 1. The van der Waals surface area contributed by atoms with Crippen LogP contribution in [0, 0.1) is 6.92 Å². The molecule has 19 heavy (non-hydrogen) atoms. The fourth-order valence-corrected chi connectivity index (χ4v) is 1.79. The van der Waals surface area contributed by atoms with Crippen molar-refractivity contribution in [3.8, 4) is 0 Å². The van der Waals surface area contributed by atoms with Gasteiger partial charge in [-0.25, -0.2) is 4.98 Å². The van der Waals surface area contributed by atoms with E-state index in [1.165, 1.54) is 0 Å². The van der Waals surface area contributed by atoms with Gasteiger partial charge in [0.25, 0.3) is 5.91 Å². The summed E-state index contributed by atoms with van der Waals surface area (Å²) in [5, 5.41) is 3.05. The first-order chi connectivity index (χ1) is 9.11. The summed E-state index contributed by atoms with van der Waals surface area (Å²) < 4.78 is 0. The standard InChI is InChI=1S/C13H13ClN4O/c1-8-7-9(4-5-11(8)18-15)13(19)17-12-10(14)3-2-6-16-12/h2-7,18H,15H2,1H3,(H,16,17,19). The second-order valence-corrected chi connectivity index (χ2v) is 4.37. The summed E-state index contributed by atoms with van der Waals surface area (Å²) in [4.78, 5) is 16.1. The molecular weight excluding hydrogens is 264 g/mol. The summed E-state index contributed by atoms with van der Waals surface area (Å²) in [5.41, 5.74) is 4.72. The van der Waals surface area contributed by atoms with Crippen molar-refractivity contribution in [3.05, 3.63) is 52.7 Å². The van der Waals surface area contributed by atoms with E-state index in [-0.39, 0.29) is 5.91 Å². The number of hydrazine groups is 1. The number of hydrogen-bond donors (Lipinski definition) is 3. The quantitative estimate of drug-likeness (QED) is 0.595. The summed E-state index contributed by atoms with van der Waals surface area (Å²) in [6, 6.07) is 8.51. The van der Waals surface area contributed by atoms with E-state index in [0.29, 0.717) is 16.4 Å². The Morgan fingerprint density at radius 2 is 2.16 bits per heavy atom. The van der Waals surface area contributed by atoms with Crippen molar-refractivity contribution in [2.45, 2.75) is 6.92 Å². The first kappa shape index (κ1) is 13.3. The first-order valence-electron chi connectivity index (χ1n) is 5.61. The Balaban J connectivity index is 2.21. The van der Waals surface area contributed by atoms with Crippen LogP contribution in [-0.2, 0) is 0 Å². The van der Waals surface area contributed by atoms with E-state index in [1.807, 2.05) is 6.92 Å². The van der Waals surface area contributed by atoms with Crippen LogP contribution in [0.1, 0.15) is 15.9 Å². The fourth-order valence-electron chi connectivity index (χ4n) is 1.62. The molecule has 0 bridgehead atoms. The van der Waals surface area contributed by atoms with E-state index in [9.17, 15) is 4.79 Å². The SMILES string of the molecule is Cc1cc(C(=O)Nc2ncccc2Cl)ccc1NN. The summed E-state index contributed by atoms with van der Waals surface area (Å²) >= 11 is 5.93. The number of hydrogen-bond acceptors (Lipinski definition) is 4. The molecule has 0 spiro atoms. The number of aryl methyl sites for hydroxylation is 1. The highest BCUT2D eigenvalue weighted by Gasteiger charge is 2.10. The Morgan fingerprint density at radius 1 is 1.37 bits per heavy atom. The van der Waals surface area contributed by atoms with E-state index < -0.39 is 0 Å². The molecular formula is C13H13ClN4O. The van der Waals surface area contributed by atoms with Crippen LogP contribution in [0.2, 0.25) is 5.02 Å². The van der Waals surface area contributed by atoms with E-state index >= 15 is 0 Å². The maximum Gasteiger partial charge on any atom is 0.256 e. The van der Waals surface area contributed by atoms with Gasteiger partial charge in [0.1, 0.15) is 0 Å².